The highest BCUT2D eigenvalue weighted by Crippen LogP contribution is 2.24. The highest BCUT2D eigenvalue weighted by Gasteiger charge is 2.48. The van der Waals surface area contributed by atoms with Crippen molar-refractivity contribution in [3.63, 3.8) is 0 Å². The Balaban J connectivity index is 2.79. The van der Waals surface area contributed by atoms with Crippen molar-refractivity contribution in [2.45, 2.75) is 12.3 Å². The molecule has 1 aromatic carbocycles. The van der Waals surface area contributed by atoms with Gasteiger partial charge in [0, 0.05) is 5.69 Å². The molecule has 0 fully saturated rings. The quantitative estimate of drug-likeness (QED) is 0.679. The molecule has 0 bridgehead atoms. The average molecular weight is 279 g/mol. The third-order valence-electron chi connectivity index (χ3n) is 2.14. The van der Waals surface area contributed by atoms with Crippen LogP contribution in [0.1, 0.15) is 10.4 Å². The Morgan fingerprint density at radius 2 is 1.74 bits per heavy atom. The maximum absolute atomic E-state index is 12.7. The summed E-state index contributed by atoms with van der Waals surface area (Å²) in [5.74, 6) is -7.55. The number of methoxy groups -OCH3 is 1. The van der Waals surface area contributed by atoms with Crippen molar-refractivity contribution in [1.82, 2.24) is 0 Å². The van der Waals surface area contributed by atoms with E-state index in [1.54, 1.807) is 5.32 Å². The summed E-state index contributed by atoms with van der Waals surface area (Å²) in [6.45, 7) is 0. The van der Waals surface area contributed by atoms with Gasteiger partial charge < -0.3 is 10.1 Å². The molecule has 0 aliphatic rings. The maximum atomic E-state index is 12.7. The van der Waals surface area contributed by atoms with Crippen LogP contribution in [0.4, 0.5) is 23.2 Å². The van der Waals surface area contributed by atoms with E-state index >= 15 is 0 Å². The maximum Gasteiger partial charge on any atom is 0.383 e. The van der Waals surface area contributed by atoms with Gasteiger partial charge in [-0.3, -0.25) is 4.79 Å². The molecule has 0 atom stereocenters. The summed E-state index contributed by atoms with van der Waals surface area (Å²) in [4.78, 5) is 22.0. The lowest BCUT2D eigenvalue weighted by Gasteiger charge is -2.14. The Labute approximate surface area is 105 Å². The van der Waals surface area contributed by atoms with Crippen LogP contribution in [-0.4, -0.2) is 31.3 Å². The fourth-order valence-electron chi connectivity index (χ4n) is 1.12. The molecule has 0 radical (unpaired) electrons. The van der Waals surface area contributed by atoms with Crippen LogP contribution in [0.5, 0.6) is 0 Å². The summed E-state index contributed by atoms with van der Waals surface area (Å²) >= 11 is 0. The van der Waals surface area contributed by atoms with Crippen LogP contribution in [0.25, 0.3) is 0 Å². The molecular formula is C11H9F4NO3. The minimum Gasteiger partial charge on any atom is -0.465 e. The van der Waals surface area contributed by atoms with Gasteiger partial charge in [-0.25, -0.2) is 13.6 Å². The van der Waals surface area contributed by atoms with E-state index in [4.69, 9.17) is 0 Å². The van der Waals surface area contributed by atoms with Crippen LogP contribution in [-0.2, 0) is 9.53 Å². The third-order valence-corrected chi connectivity index (χ3v) is 2.14. The molecule has 1 amide bonds. The summed E-state index contributed by atoms with van der Waals surface area (Å²) in [5, 5.41) is 1.63. The molecule has 1 rings (SSSR count). The summed E-state index contributed by atoms with van der Waals surface area (Å²) in [5.41, 5.74) is -0.0147. The van der Waals surface area contributed by atoms with E-state index in [1.165, 1.54) is 12.1 Å². The first-order valence-corrected chi connectivity index (χ1v) is 4.95. The van der Waals surface area contributed by atoms with Gasteiger partial charge in [0.25, 0.3) is 0 Å². The molecule has 104 valence electrons. The predicted molar refractivity (Wildman–Crippen MR) is 57.4 cm³/mol. The molecule has 1 aromatic rings. The number of amides is 1. The number of nitrogens with one attached hydrogen (secondary N) is 1. The van der Waals surface area contributed by atoms with E-state index in [1.807, 2.05) is 0 Å². The van der Waals surface area contributed by atoms with Crippen LogP contribution in [0.15, 0.2) is 24.3 Å². The monoisotopic (exact) mass is 279 g/mol. The normalized spacial score (nSPS) is 11.3. The zero-order valence-electron chi connectivity index (χ0n) is 9.62. The van der Waals surface area contributed by atoms with Crippen molar-refractivity contribution in [1.29, 1.82) is 0 Å². The van der Waals surface area contributed by atoms with Gasteiger partial charge in [0.05, 0.1) is 12.7 Å². The predicted octanol–water partition coefficient (Wildman–Crippen LogP) is 2.31. The number of carbonyl (C=O) groups excluding carboxylic acids is 2. The first-order valence-electron chi connectivity index (χ1n) is 4.95. The smallest absolute Gasteiger partial charge is 0.383 e. The number of hydrogen-bond donors (Lipinski definition) is 1. The van der Waals surface area contributed by atoms with E-state index < -0.39 is 24.2 Å². The van der Waals surface area contributed by atoms with Gasteiger partial charge in [-0.05, 0) is 24.3 Å². The number of rotatable bonds is 4. The molecule has 0 aromatic heterocycles. The molecular weight excluding hydrogens is 270 g/mol. The zero-order valence-corrected chi connectivity index (χ0v) is 9.62. The third kappa shape index (κ3) is 3.43. The first kappa shape index (κ1) is 14.9. The van der Waals surface area contributed by atoms with E-state index in [9.17, 15) is 27.2 Å². The lowest BCUT2D eigenvalue weighted by Crippen LogP contribution is -2.40. The van der Waals surface area contributed by atoms with Gasteiger partial charge in [0.2, 0.25) is 0 Å². The van der Waals surface area contributed by atoms with Gasteiger partial charge in [0.1, 0.15) is 0 Å². The lowest BCUT2D eigenvalue weighted by molar-refractivity contribution is -0.163. The number of esters is 1. The van der Waals surface area contributed by atoms with Gasteiger partial charge in [-0.15, -0.1) is 0 Å². The molecule has 0 aliphatic heterocycles. The van der Waals surface area contributed by atoms with Gasteiger partial charge in [-0.2, -0.15) is 8.78 Å². The molecule has 0 aliphatic carbocycles. The average Bonchev–Trinajstić information content (AvgIpc) is 2.38. The largest absolute Gasteiger partial charge is 0.465 e. The van der Waals surface area contributed by atoms with Crippen molar-refractivity contribution in [2.24, 2.45) is 0 Å². The molecule has 19 heavy (non-hydrogen) atoms. The molecule has 1 N–H and O–H groups in total. The minimum absolute atomic E-state index is 0.126. The van der Waals surface area contributed by atoms with Crippen LogP contribution >= 0.6 is 0 Å². The Bertz CT molecular complexity index is 473. The number of hydrogen-bond acceptors (Lipinski definition) is 3. The summed E-state index contributed by atoms with van der Waals surface area (Å²) in [7, 11) is 1.15. The van der Waals surface area contributed by atoms with E-state index in [0.717, 1.165) is 19.2 Å². The van der Waals surface area contributed by atoms with E-state index in [0.29, 0.717) is 0 Å². The number of halogens is 4. The molecule has 0 saturated heterocycles. The van der Waals surface area contributed by atoms with Crippen LogP contribution < -0.4 is 5.32 Å². The van der Waals surface area contributed by atoms with Crippen molar-refractivity contribution >= 4 is 17.6 Å². The zero-order chi connectivity index (χ0) is 14.6. The molecule has 8 heteroatoms. The Morgan fingerprint density at radius 3 is 2.16 bits per heavy atom. The second-order valence-corrected chi connectivity index (χ2v) is 3.45. The van der Waals surface area contributed by atoms with Gasteiger partial charge in [0.15, 0.2) is 0 Å². The topological polar surface area (TPSA) is 55.4 Å². The van der Waals surface area contributed by atoms with E-state index in [-0.39, 0.29) is 11.3 Å². The molecule has 0 saturated carbocycles. The number of alkyl halides is 4. The van der Waals surface area contributed by atoms with Gasteiger partial charge in [-0.1, -0.05) is 0 Å². The fraction of sp³-hybridized carbons (Fsp3) is 0.273. The number of anilines is 1. The van der Waals surface area contributed by atoms with E-state index in [2.05, 4.69) is 4.74 Å². The minimum atomic E-state index is -4.78. The van der Waals surface area contributed by atoms with Crippen LogP contribution in [0.2, 0.25) is 0 Å². The van der Waals surface area contributed by atoms with Crippen LogP contribution in [0, 0.1) is 0 Å². The van der Waals surface area contributed by atoms with Gasteiger partial charge >= 0.3 is 24.2 Å². The van der Waals surface area contributed by atoms with Crippen molar-refractivity contribution in [2.75, 3.05) is 12.4 Å². The summed E-state index contributed by atoms with van der Waals surface area (Å²) in [6, 6.07) is 4.63. The van der Waals surface area contributed by atoms with Crippen molar-refractivity contribution < 1.29 is 31.9 Å². The SMILES string of the molecule is COC(=O)c1ccc(NC(=O)C(F)(F)C(F)F)cc1. The fourth-order valence-corrected chi connectivity index (χ4v) is 1.12. The Kier molecular flexibility index (Phi) is 4.47. The number of ether oxygens (including phenoxy) is 1. The lowest BCUT2D eigenvalue weighted by atomic mass is 10.2. The Hall–Kier alpha value is -2.12. The highest BCUT2D eigenvalue weighted by atomic mass is 19.3. The van der Waals surface area contributed by atoms with Crippen LogP contribution in [0.3, 0.4) is 0 Å². The number of benzene rings is 1. The summed E-state index contributed by atoms with van der Waals surface area (Å²) < 4.78 is 53.5. The van der Waals surface area contributed by atoms with Crippen molar-refractivity contribution in [3.8, 4) is 0 Å². The molecule has 0 spiro atoms. The molecule has 0 heterocycles. The van der Waals surface area contributed by atoms with Crippen molar-refractivity contribution in [3.05, 3.63) is 29.8 Å². The summed E-state index contributed by atoms with van der Waals surface area (Å²) in [6.07, 6.45) is -4.10. The molecule has 0 unspecified atom stereocenters. The molecule has 4 nitrogen and oxygen atoms in total. The first-order chi connectivity index (χ1) is 8.78. The highest BCUT2D eigenvalue weighted by molar-refractivity contribution is 5.97. The second kappa shape index (κ2) is 5.68. The Morgan fingerprint density at radius 1 is 1.21 bits per heavy atom. The number of carbonyl (C=O) groups is 2. The second-order valence-electron chi connectivity index (χ2n) is 3.45. The standard InChI is InChI=1S/C11H9F4NO3/c1-19-8(17)6-2-4-7(5-3-6)16-10(18)11(14,15)9(12)13/h2-5,9H,1H3,(H,16,18).